The van der Waals surface area contributed by atoms with Crippen LogP contribution < -0.4 is 4.74 Å². The summed E-state index contributed by atoms with van der Waals surface area (Å²) in [7, 11) is 1.55. The van der Waals surface area contributed by atoms with E-state index >= 15 is 0 Å². The molecule has 2 atom stereocenters. The summed E-state index contributed by atoms with van der Waals surface area (Å²) in [5, 5.41) is 0.511. The second-order valence-corrected chi connectivity index (χ2v) is 6.21. The quantitative estimate of drug-likeness (QED) is 0.750. The Morgan fingerprint density at radius 1 is 1.48 bits per heavy atom. The molecule has 0 N–H and O–H groups in total. The molecule has 1 aromatic carbocycles. The topological polar surface area (TPSA) is 35.5 Å². The van der Waals surface area contributed by atoms with Crippen molar-refractivity contribution in [3.8, 4) is 5.75 Å². The van der Waals surface area contributed by atoms with Crippen molar-refractivity contribution in [3.05, 3.63) is 28.8 Å². The van der Waals surface area contributed by atoms with Gasteiger partial charge in [0, 0.05) is 12.2 Å². The molecule has 0 aliphatic heterocycles. The van der Waals surface area contributed by atoms with Crippen LogP contribution in [-0.2, 0) is 4.74 Å². The van der Waals surface area contributed by atoms with Crippen LogP contribution in [-0.4, -0.2) is 25.1 Å². The van der Waals surface area contributed by atoms with Gasteiger partial charge in [-0.1, -0.05) is 24.9 Å². The zero-order valence-electron chi connectivity index (χ0n) is 12.9. The van der Waals surface area contributed by atoms with E-state index in [0.29, 0.717) is 28.9 Å². The number of rotatable bonds is 5. The number of carbonyl (C=O) groups is 1. The molecule has 116 valence electrons. The first-order valence-electron chi connectivity index (χ1n) is 7.54. The van der Waals surface area contributed by atoms with Crippen molar-refractivity contribution < 1.29 is 14.3 Å². The Kier molecular flexibility index (Phi) is 5.28. The largest absolute Gasteiger partial charge is 0.495 e. The fourth-order valence-electron chi connectivity index (χ4n) is 3.25. The molecule has 21 heavy (non-hydrogen) atoms. The van der Waals surface area contributed by atoms with Gasteiger partial charge in [-0.25, -0.2) is 0 Å². The molecule has 1 aliphatic carbocycles. The molecule has 2 unspecified atom stereocenters. The van der Waals surface area contributed by atoms with Gasteiger partial charge >= 0.3 is 0 Å². The Hall–Kier alpha value is -1.06. The lowest BCUT2D eigenvalue weighted by Crippen LogP contribution is -2.45. The summed E-state index contributed by atoms with van der Waals surface area (Å²) in [5.74, 6) is 1.08. The molecule has 0 heterocycles. The number of halogens is 1. The number of hydrogen-bond donors (Lipinski definition) is 0. The van der Waals surface area contributed by atoms with Gasteiger partial charge in [-0.05, 0) is 50.3 Å². The van der Waals surface area contributed by atoms with Gasteiger partial charge in [0.15, 0.2) is 5.78 Å². The Morgan fingerprint density at radius 2 is 2.24 bits per heavy atom. The van der Waals surface area contributed by atoms with E-state index in [2.05, 4.69) is 6.92 Å². The second-order valence-electron chi connectivity index (χ2n) is 5.81. The predicted molar refractivity (Wildman–Crippen MR) is 84.3 cm³/mol. The first-order valence-corrected chi connectivity index (χ1v) is 7.92. The molecule has 0 saturated heterocycles. The van der Waals surface area contributed by atoms with E-state index in [1.807, 2.05) is 6.92 Å². The lowest BCUT2D eigenvalue weighted by atomic mass is 9.74. The van der Waals surface area contributed by atoms with E-state index in [9.17, 15) is 4.79 Å². The first-order chi connectivity index (χ1) is 10.0. The summed E-state index contributed by atoms with van der Waals surface area (Å²) in [6, 6.07) is 5.18. The van der Waals surface area contributed by atoms with Crippen molar-refractivity contribution in [1.82, 2.24) is 0 Å². The van der Waals surface area contributed by atoms with Crippen LogP contribution in [0, 0.1) is 5.92 Å². The fraction of sp³-hybridized carbons (Fsp3) is 0.588. The maximum atomic E-state index is 13.0. The molecule has 0 aromatic heterocycles. The number of methoxy groups -OCH3 is 1. The smallest absolute Gasteiger partial charge is 0.194 e. The maximum Gasteiger partial charge on any atom is 0.194 e. The molecule has 1 aromatic rings. The Bertz CT molecular complexity index is 511. The zero-order valence-corrected chi connectivity index (χ0v) is 13.7. The summed E-state index contributed by atoms with van der Waals surface area (Å²) >= 11 is 6.04. The van der Waals surface area contributed by atoms with Crippen molar-refractivity contribution in [3.63, 3.8) is 0 Å². The number of Topliss-reactive ketones (excluding diaryl/α,β-unsaturated/α-hetero) is 1. The maximum absolute atomic E-state index is 13.0. The molecule has 0 bridgehead atoms. The van der Waals surface area contributed by atoms with E-state index < -0.39 is 5.60 Å². The molecule has 0 radical (unpaired) electrons. The molecule has 1 aliphatic rings. The average molecular weight is 311 g/mol. The third-order valence-electron chi connectivity index (χ3n) is 4.20. The molecule has 0 spiro atoms. The minimum absolute atomic E-state index is 0.0471. The number of hydrogen-bond acceptors (Lipinski definition) is 3. The van der Waals surface area contributed by atoms with Crippen molar-refractivity contribution in [1.29, 1.82) is 0 Å². The van der Waals surface area contributed by atoms with Crippen LogP contribution in [0.2, 0.25) is 5.02 Å². The lowest BCUT2D eigenvalue weighted by Gasteiger charge is -2.38. The SMILES string of the molecule is CCOC1(C(=O)c2ccc(Cl)c(OC)c2)CCCC(C)C1. The van der Waals surface area contributed by atoms with Gasteiger partial charge in [-0.2, -0.15) is 0 Å². The first kappa shape index (κ1) is 16.3. The summed E-state index contributed by atoms with van der Waals surface area (Å²) < 4.78 is 11.1. The second kappa shape index (κ2) is 6.80. The van der Waals surface area contributed by atoms with Crippen LogP contribution in [0.4, 0.5) is 0 Å². The molecule has 0 amide bonds. The van der Waals surface area contributed by atoms with Crippen molar-refractivity contribution in [2.75, 3.05) is 13.7 Å². The van der Waals surface area contributed by atoms with Crippen molar-refractivity contribution in [2.24, 2.45) is 5.92 Å². The Labute approximate surface area is 131 Å². The summed E-state index contributed by atoms with van der Waals surface area (Å²) in [5.41, 5.74) is -0.0792. The summed E-state index contributed by atoms with van der Waals surface area (Å²) in [4.78, 5) is 13.0. The van der Waals surface area contributed by atoms with E-state index in [-0.39, 0.29) is 5.78 Å². The number of ketones is 1. The molecule has 1 saturated carbocycles. The molecule has 4 heteroatoms. The van der Waals surface area contributed by atoms with Crippen LogP contribution >= 0.6 is 11.6 Å². The van der Waals surface area contributed by atoms with Gasteiger partial charge in [0.2, 0.25) is 0 Å². The minimum Gasteiger partial charge on any atom is -0.495 e. The van der Waals surface area contributed by atoms with Crippen molar-refractivity contribution >= 4 is 17.4 Å². The third-order valence-corrected chi connectivity index (χ3v) is 4.52. The number of ether oxygens (including phenoxy) is 2. The number of benzene rings is 1. The van der Waals surface area contributed by atoms with Gasteiger partial charge in [-0.15, -0.1) is 0 Å². The molecule has 1 fully saturated rings. The van der Waals surface area contributed by atoms with Gasteiger partial charge in [0.05, 0.1) is 12.1 Å². The van der Waals surface area contributed by atoms with Crippen LogP contribution in [0.15, 0.2) is 18.2 Å². The highest BCUT2D eigenvalue weighted by molar-refractivity contribution is 6.32. The van der Waals surface area contributed by atoms with Crippen LogP contribution in [0.1, 0.15) is 49.9 Å². The van der Waals surface area contributed by atoms with Crippen LogP contribution in [0.3, 0.4) is 0 Å². The van der Waals surface area contributed by atoms with E-state index in [1.54, 1.807) is 25.3 Å². The monoisotopic (exact) mass is 310 g/mol. The van der Waals surface area contributed by atoms with Crippen LogP contribution in [0.25, 0.3) is 0 Å². The Morgan fingerprint density at radius 3 is 2.86 bits per heavy atom. The number of carbonyl (C=O) groups excluding carboxylic acids is 1. The lowest BCUT2D eigenvalue weighted by molar-refractivity contribution is -0.0511. The molecule has 3 nitrogen and oxygen atoms in total. The average Bonchev–Trinajstić information content (AvgIpc) is 2.47. The normalized spacial score (nSPS) is 25.6. The van der Waals surface area contributed by atoms with Gasteiger partial charge in [0.1, 0.15) is 11.4 Å². The van der Waals surface area contributed by atoms with E-state index in [0.717, 1.165) is 25.7 Å². The highest BCUT2D eigenvalue weighted by atomic mass is 35.5. The summed E-state index contributed by atoms with van der Waals surface area (Å²) in [6.07, 6.45) is 3.75. The predicted octanol–water partition coefficient (Wildman–Crippen LogP) is 4.52. The molecule has 2 rings (SSSR count). The van der Waals surface area contributed by atoms with Gasteiger partial charge in [-0.3, -0.25) is 4.79 Å². The minimum atomic E-state index is -0.689. The van der Waals surface area contributed by atoms with E-state index in [1.165, 1.54) is 0 Å². The standard InChI is InChI=1S/C17H23ClO3/c1-4-21-17(9-5-6-12(2)11-17)16(19)13-7-8-14(18)15(10-13)20-3/h7-8,10,12H,4-6,9,11H2,1-3H3. The van der Waals surface area contributed by atoms with Gasteiger partial charge < -0.3 is 9.47 Å². The van der Waals surface area contributed by atoms with E-state index in [4.69, 9.17) is 21.1 Å². The highest BCUT2D eigenvalue weighted by Gasteiger charge is 2.42. The molecular formula is C17H23ClO3. The molecular weight excluding hydrogens is 288 g/mol. The fourth-order valence-corrected chi connectivity index (χ4v) is 3.44. The van der Waals surface area contributed by atoms with Crippen molar-refractivity contribution in [2.45, 2.75) is 45.1 Å². The third kappa shape index (κ3) is 3.41. The van der Waals surface area contributed by atoms with Gasteiger partial charge in [0.25, 0.3) is 0 Å². The summed E-state index contributed by atoms with van der Waals surface area (Å²) in [6.45, 7) is 4.67. The zero-order chi connectivity index (χ0) is 15.5. The Balaban J connectivity index is 2.34. The highest BCUT2D eigenvalue weighted by Crippen LogP contribution is 2.38. The van der Waals surface area contributed by atoms with Crippen LogP contribution in [0.5, 0.6) is 5.75 Å².